The molecule has 0 radical (unpaired) electrons. The number of nitrogens with one attached hydrogen (secondary N) is 1. The Bertz CT molecular complexity index is 818. The highest BCUT2D eigenvalue weighted by molar-refractivity contribution is 7.18. The van der Waals surface area contributed by atoms with Crippen LogP contribution in [0.3, 0.4) is 0 Å². The first kappa shape index (κ1) is 15.9. The number of carbonyl (C=O) groups excluding carboxylic acids is 1. The van der Waals surface area contributed by atoms with Crippen LogP contribution in [0.1, 0.15) is 5.56 Å². The third-order valence-corrected chi connectivity index (χ3v) is 4.59. The lowest BCUT2D eigenvalue weighted by Gasteiger charge is -2.06. The summed E-state index contributed by atoms with van der Waals surface area (Å²) in [5, 5.41) is 12.8. The van der Waals surface area contributed by atoms with E-state index in [0.29, 0.717) is 25.7 Å². The predicted octanol–water partition coefficient (Wildman–Crippen LogP) is 4.09. The monoisotopic (exact) mass is 364 g/mol. The molecule has 0 aliphatic heterocycles. The molecule has 0 saturated carbocycles. The largest absolute Gasteiger partial charge is 0.300 e. The topological polar surface area (TPSA) is 67.8 Å². The molecule has 0 aliphatic carbocycles. The van der Waals surface area contributed by atoms with Crippen molar-refractivity contribution >= 4 is 45.6 Å². The van der Waals surface area contributed by atoms with Crippen LogP contribution in [0.5, 0.6) is 0 Å². The molecule has 0 spiro atoms. The van der Waals surface area contributed by atoms with E-state index < -0.39 is 0 Å². The van der Waals surface area contributed by atoms with Crippen LogP contribution in [0.25, 0.3) is 10.6 Å². The van der Waals surface area contributed by atoms with Crippen molar-refractivity contribution in [3.8, 4) is 10.6 Å². The summed E-state index contributed by atoms with van der Waals surface area (Å²) in [6, 6.07) is 8.79. The molecule has 1 N–H and O–H groups in total. The number of hydrogen-bond donors (Lipinski definition) is 1. The standard InChI is InChI=1S/C15H10Cl2N4OS/c16-11-2-1-3-12(17)10(11)8-13(22)19-15-21-20-14(23-15)9-4-6-18-7-5-9/h1-7H,8H2,(H,19,21,22). The molecular formula is C15H10Cl2N4OS. The molecule has 5 nitrogen and oxygen atoms in total. The van der Waals surface area contributed by atoms with Gasteiger partial charge >= 0.3 is 0 Å². The normalized spacial score (nSPS) is 10.5. The van der Waals surface area contributed by atoms with Gasteiger partial charge < -0.3 is 5.32 Å². The number of anilines is 1. The third-order valence-electron chi connectivity index (χ3n) is 3.00. The maximum absolute atomic E-state index is 12.1. The Balaban J connectivity index is 1.70. The molecule has 116 valence electrons. The van der Waals surface area contributed by atoms with Crippen molar-refractivity contribution in [1.29, 1.82) is 0 Å². The maximum atomic E-state index is 12.1. The van der Waals surface area contributed by atoms with Crippen molar-refractivity contribution in [2.24, 2.45) is 0 Å². The van der Waals surface area contributed by atoms with E-state index in [2.05, 4.69) is 20.5 Å². The SMILES string of the molecule is O=C(Cc1c(Cl)cccc1Cl)Nc1nnc(-c2ccncc2)s1. The zero-order valence-corrected chi connectivity index (χ0v) is 14.0. The fraction of sp³-hybridized carbons (Fsp3) is 0.0667. The number of pyridine rings is 1. The Morgan fingerprint density at radius 3 is 2.48 bits per heavy atom. The molecule has 1 amide bonds. The Morgan fingerprint density at radius 1 is 1.09 bits per heavy atom. The van der Waals surface area contributed by atoms with Gasteiger partial charge in [-0.2, -0.15) is 0 Å². The Kier molecular flexibility index (Phi) is 4.85. The van der Waals surface area contributed by atoms with E-state index in [0.717, 1.165) is 5.56 Å². The van der Waals surface area contributed by atoms with E-state index >= 15 is 0 Å². The van der Waals surface area contributed by atoms with Crippen LogP contribution in [0.15, 0.2) is 42.7 Å². The summed E-state index contributed by atoms with van der Waals surface area (Å²) in [5.74, 6) is -0.252. The molecule has 0 fully saturated rings. The number of nitrogens with zero attached hydrogens (tertiary/aromatic N) is 3. The van der Waals surface area contributed by atoms with Crippen molar-refractivity contribution in [3.05, 3.63) is 58.3 Å². The predicted molar refractivity (Wildman–Crippen MR) is 91.9 cm³/mol. The molecule has 8 heteroatoms. The lowest BCUT2D eigenvalue weighted by atomic mass is 10.1. The molecular weight excluding hydrogens is 355 g/mol. The Labute approximate surface area is 146 Å². The van der Waals surface area contributed by atoms with Crippen molar-refractivity contribution in [1.82, 2.24) is 15.2 Å². The van der Waals surface area contributed by atoms with Crippen molar-refractivity contribution in [3.63, 3.8) is 0 Å². The van der Waals surface area contributed by atoms with Gasteiger partial charge in [0.25, 0.3) is 0 Å². The zero-order chi connectivity index (χ0) is 16.2. The van der Waals surface area contributed by atoms with Gasteiger partial charge in [-0.15, -0.1) is 10.2 Å². The van der Waals surface area contributed by atoms with Crippen LogP contribution in [0.4, 0.5) is 5.13 Å². The second-order valence-corrected chi connectivity index (χ2v) is 6.37. The van der Waals surface area contributed by atoms with Crippen LogP contribution < -0.4 is 5.32 Å². The highest BCUT2D eigenvalue weighted by Gasteiger charge is 2.13. The van der Waals surface area contributed by atoms with E-state index in [-0.39, 0.29) is 12.3 Å². The summed E-state index contributed by atoms with van der Waals surface area (Å²) in [6.45, 7) is 0. The summed E-state index contributed by atoms with van der Waals surface area (Å²) >= 11 is 13.4. The van der Waals surface area contributed by atoms with Gasteiger partial charge in [-0.1, -0.05) is 40.6 Å². The van der Waals surface area contributed by atoms with E-state index in [1.165, 1.54) is 11.3 Å². The lowest BCUT2D eigenvalue weighted by Crippen LogP contribution is -2.14. The van der Waals surface area contributed by atoms with Crippen LogP contribution in [0, 0.1) is 0 Å². The van der Waals surface area contributed by atoms with Gasteiger partial charge in [-0.3, -0.25) is 9.78 Å². The molecule has 0 saturated heterocycles. The summed E-state index contributed by atoms with van der Waals surface area (Å²) in [4.78, 5) is 16.1. The van der Waals surface area contributed by atoms with Crippen LogP contribution in [-0.2, 0) is 11.2 Å². The van der Waals surface area contributed by atoms with E-state index in [4.69, 9.17) is 23.2 Å². The summed E-state index contributed by atoms with van der Waals surface area (Å²) in [7, 11) is 0. The van der Waals surface area contributed by atoms with Crippen LogP contribution in [-0.4, -0.2) is 21.1 Å². The van der Waals surface area contributed by atoms with Gasteiger partial charge in [0.05, 0.1) is 6.42 Å². The number of benzene rings is 1. The number of carbonyl (C=O) groups is 1. The fourth-order valence-electron chi connectivity index (χ4n) is 1.91. The number of amides is 1. The van der Waals surface area contributed by atoms with E-state index in [1.54, 1.807) is 30.6 Å². The second kappa shape index (κ2) is 7.04. The fourth-order valence-corrected chi connectivity index (χ4v) is 3.21. The molecule has 2 heterocycles. The quantitative estimate of drug-likeness (QED) is 0.756. The van der Waals surface area contributed by atoms with E-state index in [1.807, 2.05) is 12.1 Å². The summed E-state index contributed by atoms with van der Waals surface area (Å²) in [6.07, 6.45) is 3.42. The Hall–Kier alpha value is -2.02. The highest BCUT2D eigenvalue weighted by atomic mass is 35.5. The molecule has 0 aliphatic rings. The van der Waals surface area contributed by atoms with Gasteiger partial charge in [0.1, 0.15) is 5.01 Å². The molecule has 23 heavy (non-hydrogen) atoms. The summed E-state index contributed by atoms with van der Waals surface area (Å²) in [5.41, 5.74) is 1.49. The van der Waals surface area contributed by atoms with Crippen LogP contribution >= 0.6 is 34.5 Å². The molecule has 0 unspecified atom stereocenters. The number of rotatable bonds is 4. The van der Waals surface area contributed by atoms with Gasteiger partial charge in [-0.25, -0.2) is 0 Å². The van der Waals surface area contributed by atoms with Crippen LogP contribution in [0.2, 0.25) is 10.0 Å². The van der Waals surface area contributed by atoms with Gasteiger partial charge in [-0.05, 0) is 29.8 Å². The number of halogens is 2. The first-order chi connectivity index (χ1) is 11.1. The average molecular weight is 365 g/mol. The number of hydrogen-bond acceptors (Lipinski definition) is 5. The minimum Gasteiger partial charge on any atom is -0.300 e. The van der Waals surface area contributed by atoms with Gasteiger partial charge in [0.15, 0.2) is 0 Å². The van der Waals surface area contributed by atoms with Crippen molar-refractivity contribution in [2.45, 2.75) is 6.42 Å². The zero-order valence-electron chi connectivity index (χ0n) is 11.7. The summed E-state index contributed by atoms with van der Waals surface area (Å²) < 4.78 is 0. The molecule has 0 bridgehead atoms. The minimum atomic E-state index is -0.252. The van der Waals surface area contributed by atoms with Gasteiger partial charge in [0.2, 0.25) is 11.0 Å². The lowest BCUT2D eigenvalue weighted by molar-refractivity contribution is -0.115. The molecule has 0 atom stereocenters. The maximum Gasteiger partial charge on any atom is 0.230 e. The third kappa shape index (κ3) is 3.85. The smallest absolute Gasteiger partial charge is 0.230 e. The van der Waals surface area contributed by atoms with Crippen molar-refractivity contribution in [2.75, 3.05) is 5.32 Å². The van der Waals surface area contributed by atoms with Crippen molar-refractivity contribution < 1.29 is 4.79 Å². The average Bonchev–Trinajstić information content (AvgIpc) is 3.00. The molecule has 3 rings (SSSR count). The second-order valence-electron chi connectivity index (χ2n) is 4.57. The van der Waals surface area contributed by atoms with E-state index in [9.17, 15) is 4.79 Å². The first-order valence-corrected chi connectivity index (χ1v) is 8.17. The first-order valence-electron chi connectivity index (χ1n) is 6.60. The highest BCUT2D eigenvalue weighted by Crippen LogP contribution is 2.27. The molecule has 3 aromatic rings. The number of aromatic nitrogens is 3. The Morgan fingerprint density at radius 2 is 1.78 bits per heavy atom. The molecule has 2 aromatic heterocycles. The molecule has 1 aromatic carbocycles. The minimum absolute atomic E-state index is 0.0721. The van der Waals surface area contributed by atoms with Gasteiger partial charge in [0, 0.05) is 28.0 Å².